The second-order valence-electron chi connectivity index (χ2n) is 9.15. The molecule has 1 saturated carbocycles. The van der Waals surface area contributed by atoms with E-state index in [9.17, 15) is 33.3 Å². The normalized spacial score (nSPS) is 23.1. The molecule has 0 bridgehead atoms. The Morgan fingerprint density at radius 3 is 2.62 bits per heavy atom. The highest BCUT2D eigenvalue weighted by Crippen LogP contribution is 2.36. The highest BCUT2D eigenvalue weighted by atomic mass is 79.9. The fourth-order valence-corrected chi connectivity index (χ4v) is 6.57. The summed E-state index contributed by atoms with van der Waals surface area (Å²) in [5.74, 6) is -1.98. The van der Waals surface area contributed by atoms with Crippen LogP contribution < -0.4 is 0 Å². The molecular weight excluding hydrogens is 586 g/mol. The molecule has 0 radical (unpaired) electrons. The number of ether oxygens (including phenoxy) is 1. The van der Waals surface area contributed by atoms with Crippen molar-refractivity contribution < 1.29 is 38.1 Å². The molecule has 0 saturated heterocycles. The number of carbonyl (C=O) groups excluding carboxylic acids is 2. The van der Waals surface area contributed by atoms with Gasteiger partial charge in [0, 0.05) is 23.6 Å². The Morgan fingerprint density at radius 2 is 2.00 bits per heavy atom. The molecule has 12 heteroatoms. The molecule has 0 unspecified atom stereocenters. The van der Waals surface area contributed by atoms with Crippen molar-refractivity contribution in [2.24, 2.45) is 11.8 Å². The van der Waals surface area contributed by atoms with E-state index in [2.05, 4.69) is 20.7 Å². The van der Waals surface area contributed by atoms with Crippen LogP contribution in [-0.4, -0.2) is 78.1 Å². The number of rotatable bonds is 14. The van der Waals surface area contributed by atoms with Crippen molar-refractivity contribution in [1.82, 2.24) is 4.31 Å². The van der Waals surface area contributed by atoms with Gasteiger partial charge in [-0.2, -0.15) is 0 Å². The Balaban J connectivity index is 1.81. The largest absolute Gasteiger partial charge is 0.468 e. The Hall–Kier alpha value is -1.57. The first-order chi connectivity index (χ1) is 17.4. The Labute approximate surface area is 231 Å². The van der Waals surface area contributed by atoms with Gasteiger partial charge in [0.25, 0.3) is 0 Å². The number of sulfonamides is 1. The van der Waals surface area contributed by atoms with Crippen LogP contribution in [-0.2, 0) is 30.8 Å². The van der Waals surface area contributed by atoms with Crippen LogP contribution in [0.15, 0.2) is 40.2 Å². The summed E-state index contributed by atoms with van der Waals surface area (Å²) in [5, 5.41) is 31.2. The van der Waals surface area contributed by atoms with Gasteiger partial charge < -0.3 is 20.1 Å². The van der Waals surface area contributed by atoms with Gasteiger partial charge in [0.1, 0.15) is 6.54 Å². The lowest BCUT2D eigenvalue weighted by molar-refractivity contribution is -0.144. The smallest absolute Gasteiger partial charge is 0.326 e. The topological polar surface area (TPSA) is 141 Å². The van der Waals surface area contributed by atoms with Gasteiger partial charge in [-0.25, -0.2) is 12.7 Å². The predicted octanol–water partition coefficient (Wildman–Crippen LogP) is 2.80. The van der Waals surface area contributed by atoms with E-state index in [-0.39, 0.29) is 24.7 Å². The van der Waals surface area contributed by atoms with E-state index in [1.54, 1.807) is 23.5 Å². The lowest BCUT2D eigenvalue weighted by Gasteiger charge is -2.20. The van der Waals surface area contributed by atoms with Crippen molar-refractivity contribution in [2.75, 3.05) is 19.9 Å². The monoisotopic (exact) mass is 621 g/mol. The molecular formula is C25H36BrNO8S2. The first-order valence-electron chi connectivity index (χ1n) is 12.1. The summed E-state index contributed by atoms with van der Waals surface area (Å²) in [5.41, 5.74) is 0. The van der Waals surface area contributed by atoms with Gasteiger partial charge in [-0.1, -0.05) is 24.3 Å². The van der Waals surface area contributed by atoms with Crippen molar-refractivity contribution in [3.63, 3.8) is 0 Å². The lowest BCUT2D eigenvalue weighted by Crippen LogP contribution is -2.40. The zero-order valence-corrected chi connectivity index (χ0v) is 24.3. The number of methoxy groups -OCH3 is 1. The minimum atomic E-state index is -3.89. The third-order valence-electron chi connectivity index (χ3n) is 6.30. The van der Waals surface area contributed by atoms with E-state index in [0.29, 0.717) is 30.0 Å². The minimum Gasteiger partial charge on any atom is -0.468 e. The Kier molecular flexibility index (Phi) is 12.9. The number of aliphatic hydroxyl groups is 3. The highest BCUT2D eigenvalue weighted by Gasteiger charge is 2.39. The van der Waals surface area contributed by atoms with E-state index in [4.69, 9.17) is 0 Å². The number of allylic oxidation sites excluding steroid dienone is 2. The third kappa shape index (κ3) is 10.6. The third-order valence-corrected chi connectivity index (χ3v) is 9.12. The average Bonchev–Trinajstić information content (AvgIpc) is 3.36. The van der Waals surface area contributed by atoms with E-state index in [1.807, 2.05) is 24.3 Å². The molecule has 9 nitrogen and oxygen atoms in total. The van der Waals surface area contributed by atoms with Gasteiger partial charge in [0.15, 0.2) is 0 Å². The van der Waals surface area contributed by atoms with Gasteiger partial charge in [0.2, 0.25) is 15.9 Å². The fraction of sp³-hybridized carbons (Fsp3) is 0.600. The second kappa shape index (κ2) is 15.1. The molecule has 208 valence electrons. The zero-order chi connectivity index (χ0) is 27.6. The molecule has 0 spiro atoms. The molecule has 1 aliphatic rings. The summed E-state index contributed by atoms with van der Waals surface area (Å²) in [4.78, 5) is 24.9. The van der Waals surface area contributed by atoms with Gasteiger partial charge in [-0.3, -0.25) is 9.59 Å². The Morgan fingerprint density at radius 1 is 1.27 bits per heavy atom. The molecule has 2 rings (SSSR count). The molecule has 1 aromatic heterocycles. The summed E-state index contributed by atoms with van der Waals surface area (Å²) in [6, 6.07) is 3.99. The van der Waals surface area contributed by atoms with Crippen LogP contribution in [0.3, 0.4) is 0 Å². The molecule has 1 aromatic rings. The van der Waals surface area contributed by atoms with Crippen molar-refractivity contribution in [2.45, 2.75) is 63.3 Å². The number of hydrogen-bond acceptors (Lipinski definition) is 9. The van der Waals surface area contributed by atoms with Crippen molar-refractivity contribution >= 4 is 49.2 Å². The lowest BCUT2D eigenvalue weighted by atomic mass is 9.89. The van der Waals surface area contributed by atoms with Crippen LogP contribution in [0.25, 0.3) is 0 Å². The maximum atomic E-state index is 12.3. The predicted molar refractivity (Wildman–Crippen MR) is 145 cm³/mol. The van der Waals surface area contributed by atoms with Gasteiger partial charge in [0.05, 0.1) is 35.5 Å². The number of thiophene rings is 1. The van der Waals surface area contributed by atoms with Crippen LogP contribution in [0, 0.1) is 11.8 Å². The Bertz CT molecular complexity index is 1050. The first kappa shape index (κ1) is 31.6. The number of aryl methyl sites for hydroxylation is 1. The van der Waals surface area contributed by atoms with Gasteiger partial charge >= 0.3 is 5.97 Å². The van der Waals surface area contributed by atoms with Crippen LogP contribution in [0.4, 0.5) is 0 Å². The second-order valence-corrected chi connectivity index (χ2v) is 13.6. The number of amides is 1. The number of hydrogen-bond donors (Lipinski definition) is 3. The van der Waals surface area contributed by atoms with Crippen molar-refractivity contribution in [1.29, 1.82) is 0 Å². The van der Waals surface area contributed by atoms with E-state index >= 15 is 0 Å². The SMILES string of the molecule is COC(=O)CN(C(=O)CCC/C=C/C[C@@H]1[C@@H](/C=C/[C@@H](O)CCc2ccc(Br)s2)[C@H](O)C[C@@H]1O)S(C)(=O)=O. The van der Waals surface area contributed by atoms with Crippen LogP contribution in [0.5, 0.6) is 0 Å². The number of unbranched alkanes of at least 4 members (excludes halogenated alkanes) is 1. The summed E-state index contributed by atoms with van der Waals surface area (Å²) in [6.45, 7) is -0.651. The minimum absolute atomic E-state index is 0.0507. The van der Waals surface area contributed by atoms with Crippen LogP contribution >= 0.6 is 27.3 Å². The van der Waals surface area contributed by atoms with Crippen molar-refractivity contribution in [3.8, 4) is 0 Å². The summed E-state index contributed by atoms with van der Waals surface area (Å²) >= 11 is 5.06. The number of carbonyl (C=O) groups is 2. The standard InChI is InChI=1S/C25H36BrNO8S2/c1-35-25(32)16-27(37(2,33)34)24(31)8-6-4-3-5-7-19-20(22(30)15-21(19)29)13-10-17(28)9-11-18-12-14-23(26)36-18/h3,5,10,12-14,17,19-22,28-30H,4,6-9,11,15-16H2,1-2H3/b5-3+,13-10+/t17-,19+,20+,21-,22+/m0/s1. The first-order valence-corrected chi connectivity index (χ1v) is 15.6. The van der Waals surface area contributed by atoms with E-state index in [1.165, 1.54) is 4.88 Å². The molecule has 1 amide bonds. The van der Waals surface area contributed by atoms with E-state index in [0.717, 1.165) is 23.6 Å². The number of esters is 1. The summed E-state index contributed by atoms with van der Waals surface area (Å²) in [7, 11) is -2.77. The molecule has 0 aromatic carbocycles. The quantitative estimate of drug-likeness (QED) is 0.164. The average molecular weight is 623 g/mol. The summed E-state index contributed by atoms with van der Waals surface area (Å²) < 4.78 is 29.6. The van der Waals surface area contributed by atoms with Gasteiger partial charge in [-0.15, -0.1) is 11.3 Å². The molecule has 37 heavy (non-hydrogen) atoms. The zero-order valence-electron chi connectivity index (χ0n) is 21.0. The number of nitrogens with zero attached hydrogens (tertiary/aromatic N) is 1. The molecule has 1 fully saturated rings. The number of aliphatic hydroxyl groups excluding tert-OH is 3. The number of halogens is 1. The summed E-state index contributed by atoms with van der Waals surface area (Å²) in [6.07, 6.45) is 9.00. The van der Waals surface area contributed by atoms with Crippen LogP contribution in [0.2, 0.25) is 0 Å². The van der Waals surface area contributed by atoms with E-state index < -0.39 is 46.8 Å². The van der Waals surface area contributed by atoms with Gasteiger partial charge in [-0.05, 0) is 66.1 Å². The molecule has 0 aliphatic heterocycles. The molecule has 1 heterocycles. The maximum absolute atomic E-state index is 12.3. The fourth-order valence-electron chi connectivity index (χ4n) is 4.27. The van der Waals surface area contributed by atoms with Crippen LogP contribution in [0.1, 0.15) is 43.4 Å². The van der Waals surface area contributed by atoms with Crippen molar-refractivity contribution in [3.05, 3.63) is 45.1 Å². The molecule has 5 atom stereocenters. The molecule has 1 aliphatic carbocycles. The maximum Gasteiger partial charge on any atom is 0.326 e. The molecule has 3 N–H and O–H groups in total. The highest BCUT2D eigenvalue weighted by molar-refractivity contribution is 9.11.